The maximum atomic E-state index is 13.2. The van der Waals surface area contributed by atoms with Crippen molar-refractivity contribution in [2.75, 3.05) is 19.8 Å². The van der Waals surface area contributed by atoms with Crippen LogP contribution < -0.4 is 16.1 Å². The van der Waals surface area contributed by atoms with E-state index in [0.717, 1.165) is 41.3 Å². The van der Waals surface area contributed by atoms with Gasteiger partial charge in [0.15, 0.2) is 0 Å². The maximum Gasteiger partial charge on any atom is 0.325 e. The Hall–Kier alpha value is -3.57. The number of esters is 1. The van der Waals surface area contributed by atoms with Crippen LogP contribution in [0.2, 0.25) is 0 Å². The first-order chi connectivity index (χ1) is 20.1. The van der Waals surface area contributed by atoms with Gasteiger partial charge in [0.05, 0.1) is 6.61 Å². The number of fused-ring (bicyclic) bond motifs is 4. The number of carbonyl (C=O) groups excluding carboxylic acids is 4. The Morgan fingerprint density at radius 3 is 2.55 bits per heavy atom. The molecule has 1 fully saturated rings. The molecule has 0 unspecified atom stereocenters. The molecule has 0 radical (unpaired) electrons. The summed E-state index contributed by atoms with van der Waals surface area (Å²) in [5.74, 6) is -1.74. The predicted octanol–water partition coefficient (Wildman–Crippen LogP) is 2.72. The summed E-state index contributed by atoms with van der Waals surface area (Å²) in [6, 6.07) is 5.63. The lowest BCUT2D eigenvalue weighted by atomic mass is 10.0. The van der Waals surface area contributed by atoms with Gasteiger partial charge in [-0.25, -0.2) is 5.43 Å². The average Bonchev–Trinajstić information content (AvgIpc) is 2.97. The first kappa shape index (κ1) is 31.4. The average molecular weight is 582 g/mol. The number of hydrogen-bond donors (Lipinski definition) is 3. The molecule has 1 saturated heterocycles. The van der Waals surface area contributed by atoms with Crippen LogP contribution in [-0.4, -0.2) is 71.6 Å². The van der Waals surface area contributed by atoms with E-state index in [1.54, 1.807) is 6.92 Å². The number of benzene rings is 1. The molecule has 11 heteroatoms. The number of amides is 3. The molecule has 3 N–H and O–H groups in total. The molecule has 5 bridgehead atoms. The molecule has 2 aromatic rings. The van der Waals surface area contributed by atoms with E-state index in [2.05, 4.69) is 27.1 Å². The lowest BCUT2D eigenvalue weighted by Gasteiger charge is -2.35. The zero-order chi connectivity index (χ0) is 30.2. The molecule has 3 amide bonds. The molecule has 4 rings (SSSR count). The quantitative estimate of drug-likeness (QED) is 0.437. The zero-order valence-electron chi connectivity index (χ0n) is 25.0. The molecule has 4 atom stereocenters. The number of nitrogens with zero attached hydrogens (tertiary/aromatic N) is 2. The minimum atomic E-state index is -0.869. The summed E-state index contributed by atoms with van der Waals surface area (Å²) in [6.07, 6.45) is 5.13. The Labute approximate surface area is 247 Å². The van der Waals surface area contributed by atoms with E-state index in [1.165, 1.54) is 5.01 Å². The van der Waals surface area contributed by atoms with Crippen molar-refractivity contribution in [1.29, 1.82) is 0 Å². The molecule has 3 heterocycles. The van der Waals surface area contributed by atoms with E-state index < -0.39 is 36.1 Å². The summed E-state index contributed by atoms with van der Waals surface area (Å²) in [5, 5.41) is 8.91. The molecule has 42 heavy (non-hydrogen) atoms. The third kappa shape index (κ3) is 8.25. The summed E-state index contributed by atoms with van der Waals surface area (Å²) < 4.78 is 11.5. The number of pyridine rings is 1. The molecule has 0 aliphatic carbocycles. The van der Waals surface area contributed by atoms with E-state index in [9.17, 15) is 19.2 Å². The van der Waals surface area contributed by atoms with Crippen molar-refractivity contribution >= 4 is 34.5 Å². The number of nitrogens with one attached hydrogen (secondary N) is 3. The third-order valence-corrected chi connectivity index (χ3v) is 7.74. The van der Waals surface area contributed by atoms with Crippen LogP contribution in [0.1, 0.15) is 77.2 Å². The zero-order valence-corrected chi connectivity index (χ0v) is 25.0. The van der Waals surface area contributed by atoms with Crippen molar-refractivity contribution in [2.24, 2.45) is 5.92 Å². The number of aryl methyl sites for hydroxylation is 1. The molecule has 0 saturated carbocycles. The van der Waals surface area contributed by atoms with Gasteiger partial charge in [0.25, 0.3) is 5.91 Å². The highest BCUT2D eigenvalue weighted by atomic mass is 16.5. The van der Waals surface area contributed by atoms with E-state index in [4.69, 9.17) is 9.47 Å². The standard InChI is InChI=1S/C31H43N5O6/c1-19(2)28-29(38)33-20(3)30(39)36-13-7-9-26(35-36)31(40)42-21(4)22-10-11-23-18-32-25(17-24(23)16-22)8-5-6-14-41-15-12-27(37)34-28/h10-11,16-21,26,28,35H,5-9,12-15H2,1-4H3,(H,33,38)(H,34,37)/t20-,21+,26-,28-/m0/s1. The molecule has 0 spiro atoms. The number of cyclic esters (lactones) is 1. The van der Waals surface area contributed by atoms with Gasteiger partial charge < -0.3 is 20.1 Å². The van der Waals surface area contributed by atoms with Crippen LogP contribution in [0.25, 0.3) is 10.8 Å². The highest BCUT2D eigenvalue weighted by Crippen LogP contribution is 2.24. The van der Waals surface area contributed by atoms with Crippen LogP contribution in [0, 0.1) is 5.92 Å². The first-order valence-electron chi connectivity index (χ1n) is 15.0. The molecule has 11 nitrogen and oxygen atoms in total. The summed E-state index contributed by atoms with van der Waals surface area (Å²) in [6.45, 7) is 8.25. The van der Waals surface area contributed by atoms with Gasteiger partial charge >= 0.3 is 5.97 Å². The van der Waals surface area contributed by atoms with Gasteiger partial charge in [0.1, 0.15) is 24.2 Å². The lowest BCUT2D eigenvalue weighted by molar-refractivity contribution is -0.157. The van der Waals surface area contributed by atoms with Crippen molar-refractivity contribution in [3.8, 4) is 0 Å². The fourth-order valence-corrected chi connectivity index (χ4v) is 5.19. The Morgan fingerprint density at radius 1 is 0.952 bits per heavy atom. The van der Waals surface area contributed by atoms with Crippen molar-refractivity contribution in [1.82, 2.24) is 26.1 Å². The number of carbonyl (C=O) groups is 4. The number of aromatic nitrogens is 1. The van der Waals surface area contributed by atoms with Crippen LogP contribution in [0.15, 0.2) is 30.5 Å². The van der Waals surface area contributed by atoms with Crippen molar-refractivity contribution in [2.45, 2.75) is 90.4 Å². The van der Waals surface area contributed by atoms with Gasteiger partial charge in [-0.1, -0.05) is 26.0 Å². The molecule has 2 aliphatic rings. The maximum absolute atomic E-state index is 13.2. The topological polar surface area (TPSA) is 139 Å². The highest BCUT2D eigenvalue weighted by Gasteiger charge is 2.33. The Bertz CT molecular complexity index is 1280. The molecule has 2 aliphatic heterocycles. The van der Waals surface area contributed by atoms with E-state index >= 15 is 0 Å². The second-order valence-electron chi connectivity index (χ2n) is 11.5. The van der Waals surface area contributed by atoms with E-state index in [-0.39, 0.29) is 30.8 Å². The van der Waals surface area contributed by atoms with Gasteiger partial charge in [0, 0.05) is 36.8 Å². The van der Waals surface area contributed by atoms with Crippen molar-refractivity contribution in [3.63, 3.8) is 0 Å². The van der Waals surface area contributed by atoms with Crippen molar-refractivity contribution < 1.29 is 28.7 Å². The number of rotatable bonds is 1. The van der Waals surface area contributed by atoms with Crippen LogP contribution in [-0.2, 0) is 35.1 Å². The fraction of sp³-hybridized carbons (Fsp3) is 0.581. The molecular formula is C31H43N5O6. The van der Waals surface area contributed by atoms with Crippen LogP contribution in [0.3, 0.4) is 0 Å². The van der Waals surface area contributed by atoms with Crippen LogP contribution in [0.4, 0.5) is 0 Å². The second-order valence-corrected chi connectivity index (χ2v) is 11.5. The SMILES string of the molecule is CC(C)[C@@H]1NC(=O)CCOCCCCc2cc3cc(ccc3cn2)[C@@H](C)OC(=O)[C@@H]2CCCN(N2)C(=O)[C@H](C)NC1=O. The summed E-state index contributed by atoms with van der Waals surface area (Å²) in [5.41, 5.74) is 4.83. The summed E-state index contributed by atoms with van der Waals surface area (Å²) >= 11 is 0. The third-order valence-electron chi connectivity index (χ3n) is 7.74. The van der Waals surface area contributed by atoms with Gasteiger partial charge in [-0.05, 0) is 75.0 Å². The summed E-state index contributed by atoms with van der Waals surface area (Å²) in [4.78, 5) is 56.5. The lowest BCUT2D eigenvalue weighted by Crippen LogP contribution is -2.61. The molecular weight excluding hydrogens is 538 g/mol. The monoisotopic (exact) mass is 581 g/mol. The van der Waals surface area contributed by atoms with Gasteiger partial charge in [-0.2, -0.15) is 0 Å². The van der Waals surface area contributed by atoms with Crippen molar-refractivity contribution in [3.05, 3.63) is 41.7 Å². The molecule has 1 aromatic heterocycles. The fourth-order valence-electron chi connectivity index (χ4n) is 5.19. The van der Waals surface area contributed by atoms with Crippen LogP contribution in [0.5, 0.6) is 0 Å². The van der Waals surface area contributed by atoms with Gasteiger partial charge in [-0.3, -0.25) is 29.2 Å². The minimum absolute atomic E-state index is 0.132. The normalized spacial score (nSPS) is 26.0. The Kier molecular flexibility index (Phi) is 10.9. The number of hydrogen-bond acceptors (Lipinski definition) is 8. The first-order valence-corrected chi connectivity index (χ1v) is 15.0. The minimum Gasteiger partial charge on any atom is -0.457 e. The Balaban J connectivity index is 1.51. The van der Waals surface area contributed by atoms with E-state index in [1.807, 2.05) is 45.2 Å². The van der Waals surface area contributed by atoms with Crippen LogP contribution >= 0.6 is 0 Å². The van der Waals surface area contributed by atoms with Gasteiger partial charge in [-0.15, -0.1) is 0 Å². The van der Waals surface area contributed by atoms with Gasteiger partial charge in [0.2, 0.25) is 11.8 Å². The second kappa shape index (κ2) is 14.6. The smallest absolute Gasteiger partial charge is 0.325 e. The molecule has 1 aromatic carbocycles. The predicted molar refractivity (Wildman–Crippen MR) is 157 cm³/mol. The van der Waals surface area contributed by atoms with E-state index in [0.29, 0.717) is 26.0 Å². The number of hydrazine groups is 1. The highest BCUT2D eigenvalue weighted by molar-refractivity contribution is 5.92. The Morgan fingerprint density at radius 2 is 1.76 bits per heavy atom. The summed E-state index contributed by atoms with van der Waals surface area (Å²) in [7, 11) is 0. The number of ether oxygens (including phenoxy) is 2. The largest absolute Gasteiger partial charge is 0.457 e. The molecule has 228 valence electrons.